The first-order valence-electron chi connectivity index (χ1n) is 10.2. The zero-order valence-electron chi connectivity index (χ0n) is 18.4. The van der Waals surface area contributed by atoms with Gasteiger partial charge in [-0.2, -0.15) is 0 Å². The maximum atomic E-state index is 13.2. The number of anilines is 1. The van der Waals surface area contributed by atoms with Crippen LogP contribution in [0.4, 0.5) is 5.69 Å². The smallest absolute Gasteiger partial charge is 0.260 e. The van der Waals surface area contributed by atoms with Crippen LogP contribution in [0.1, 0.15) is 40.9 Å². The molecule has 3 aromatic carbocycles. The summed E-state index contributed by atoms with van der Waals surface area (Å²) in [5.74, 6) is 0.00965. The van der Waals surface area contributed by atoms with Gasteiger partial charge in [-0.05, 0) is 61.7 Å². The molecule has 0 unspecified atom stereocenters. The number of amides is 1. The molecule has 0 aliphatic carbocycles. The minimum atomic E-state index is -0.418. The minimum Gasteiger partial charge on any atom is -0.507 e. The van der Waals surface area contributed by atoms with E-state index in [1.165, 1.54) is 0 Å². The Hall–Kier alpha value is -3.50. The minimum absolute atomic E-state index is 0.0963. The number of phenolic OH excluding ortho intramolecular Hbond substituents is 1. The van der Waals surface area contributed by atoms with Gasteiger partial charge in [0.2, 0.25) is 0 Å². The summed E-state index contributed by atoms with van der Waals surface area (Å²) in [6.07, 6.45) is 6.13. The summed E-state index contributed by atoms with van der Waals surface area (Å²) in [5.41, 5.74) is 3.96. The molecule has 4 nitrogen and oxygen atoms in total. The molecule has 0 radical (unpaired) electrons. The number of phenols is 1. The molecule has 0 heterocycles. The van der Waals surface area contributed by atoms with Gasteiger partial charge in [-0.3, -0.25) is 4.79 Å². The van der Waals surface area contributed by atoms with Crippen LogP contribution in [0.3, 0.4) is 0 Å². The summed E-state index contributed by atoms with van der Waals surface area (Å²) in [4.78, 5) is 13.2. The fourth-order valence-electron chi connectivity index (χ4n) is 3.24. The molecule has 0 spiro atoms. The standard InChI is InChI=1S/C27H26ClNO3/c1-18(2)9-16-23-24(32-3)17-20(11-10-19-7-5-4-6-8-19)25(26(23)30)27(31)29-22-14-12-21(28)13-15-22/h4-15,17,30H,16H2,1-3H3,(H,29,31)/b11-10+. The molecule has 3 rings (SSSR count). The number of ether oxygens (including phenoxy) is 1. The molecule has 0 aromatic heterocycles. The number of carbonyl (C=O) groups excluding carboxylic acids is 1. The first kappa shape index (κ1) is 23.2. The Morgan fingerprint density at radius 1 is 1.06 bits per heavy atom. The summed E-state index contributed by atoms with van der Waals surface area (Å²) >= 11 is 5.95. The molecule has 0 aliphatic rings. The molecule has 0 saturated heterocycles. The molecule has 0 saturated carbocycles. The van der Waals surface area contributed by atoms with Gasteiger partial charge in [-0.15, -0.1) is 0 Å². The van der Waals surface area contributed by atoms with Crippen LogP contribution in [0, 0.1) is 0 Å². The topological polar surface area (TPSA) is 58.6 Å². The summed E-state index contributed by atoms with van der Waals surface area (Å²) in [6, 6.07) is 18.3. The van der Waals surface area contributed by atoms with E-state index >= 15 is 0 Å². The fourth-order valence-corrected chi connectivity index (χ4v) is 3.36. The quantitative estimate of drug-likeness (QED) is 0.303. The second-order valence-corrected chi connectivity index (χ2v) is 8.00. The van der Waals surface area contributed by atoms with Crippen LogP contribution in [0.5, 0.6) is 11.5 Å². The van der Waals surface area contributed by atoms with Crippen molar-refractivity contribution in [2.75, 3.05) is 12.4 Å². The number of rotatable bonds is 7. The number of nitrogens with one attached hydrogen (secondary N) is 1. The summed E-state index contributed by atoms with van der Waals surface area (Å²) in [7, 11) is 1.55. The van der Waals surface area contributed by atoms with E-state index in [-0.39, 0.29) is 11.3 Å². The van der Waals surface area contributed by atoms with Gasteiger partial charge in [0.15, 0.2) is 0 Å². The molecule has 3 aromatic rings. The Labute approximate surface area is 193 Å². The third-order valence-corrected chi connectivity index (χ3v) is 5.17. The molecule has 1 amide bonds. The number of aromatic hydroxyl groups is 1. The van der Waals surface area contributed by atoms with Gasteiger partial charge < -0.3 is 15.2 Å². The van der Waals surface area contributed by atoms with Gasteiger partial charge in [0.1, 0.15) is 11.5 Å². The summed E-state index contributed by atoms with van der Waals surface area (Å²) in [5, 5.41) is 14.6. The Morgan fingerprint density at radius 3 is 2.38 bits per heavy atom. The van der Waals surface area contributed by atoms with Crippen LogP contribution in [-0.2, 0) is 6.42 Å². The maximum Gasteiger partial charge on any atom is 0.260 e. The molecule has 0 bridgehead atoms. The van der Waals surface area contributed by atoms with Crippen molar-refractivity contribution in [1.29, 1.82) is 0 Å². The number of methoxy groups -OCH3 is 1. The lowest BCUT2D eigenvalue weighted by Gasteiger charge is -2.16. The number of benzene rings is 3. The van der Waals surface area contributed by atoms with Crippen LogP contribution in [-0.4, -0.2) is 18.1 Å². The third kappa shape index (κ3) is 5.80. The number of halogens is 1. The molecule has 164 valence electrons. The molecular formula is C27H26ClNO3. The second-order valence-electron chi connectivity index (χ2n) is 7.56. The van der Waals surface area contributed by atoms with E-state index in [0.717, 1.165) is 11.1 Å². The highest BCUT2D eigenvalue weighted by Crippen LogP contribution is 2.36. The fraction of sp³-hybridized carbons (Fsp3) is 0.148. The third-order valence-electron chi connectivity index (χ3n) is 4.91. The monoisotopic (exact) mass is 447 g/mol. The summed E-state index contributed by atoms with van der Waals surface area (Å²) < 4.78 is 5.55. The van der Waals surface area contributed by atoms with E-state index in [0.29, 0.717) is 34.0 Å². The van der Waals surface area contributed by atoms with Gasteiger partial charge in [0.25, 0.3) is 5.91 Å². The lowest BCUT2D eigenvalue weighted by atomic mass is 9.96. The zero-order valence-corrected chi connectivity index (χ0v) is 19.1. The number of hydrogen-bond acceptors (Lipinski definition) is 3. The average Bonchev–Trinajstić information content (AvgIpc) is 2.78. The van der Waals surface area contributed by atoms with Crippen molar-refractivity contribution in [3.05, 3.63) is 99.6 Å². The van der Waals surface area contributed by atoms with Crippen molar-refractivity contribution in [2.45, 2.75) is 20.3 Å². The lowest BCUT2D eigenvalue weighted by Crippen LogP contribution is -2.15. The molecule has 0 atom stereocenters. The first-order chi connectivity index (χ1) is 15.4. The van der Waals surface area contributed by atoms with Crippen LogP contribution >= 0.6 is 11.6 Å². The van der Waals surface area contributed by atoms with Crippen molar-refractivity contribution in [2.24, 2.45) is 0 Å². The summed E-state index contributed by atoms with van der Waals surface area (Å²) in [6.45, 7) is 3.96. The van der Waals surface area contributed by atoms with Gasteiger partial charge in [0.05, 0.1) is 12.7 Å². The molecule has 32 heavy (non-hydrogen) atoms. The van der Waals surface area contributed by atoms with Gasteiger partial charge >= 0.3 is 0 Å². The van der Waals surface area contributed by atoms with E-state index < -0.39 is 5.91 Å². The van der Waals surface area contributed by atoms with Crippen molar-refractivity contribution in [3.8, 4) is 11.5 Å². The average molecular weight is 448 g/mol. The van der Waals surface area contributed by atoms with Crippen LogP contribution in [0.15, 0.2) is 72.3 Å². The second kappa shape index (κ2) is 10.7. The normalized spacial score (nSPS) is 10.8. The maximum absolute atomic E-state index is 13.2. The zero-order chi connectivity index (χ0) is 23.1. The molecule has 0 fully saturated rings. The lowest BCUT2D eigenvalue weighted by molar-refractivity contribution is 0.102. The molecule has 2 N–H and O–H groups in total. The Morgan fingerprint density at radius 2 is 1.75 bits per heavy atom. The largest absolute Gasteiger partial charge is 0.507 e. The number of allylic oxidation sites excluding steroid dienone is 2. The molecular weight excluding hydrogens is 422 g/mol. The van der Waals surface area contributed by atoms with Gasteiger partial charge in [0, 0.05) is 16.3 Å². The Bertz CT molecular complexity index is 1150. The van der Waals surface area contributed by atoms with E-state index in [2.05, 4.69) is 5.32 Å². The predicted molar refractivity (Wildman–Crippen MR) is 133 cm³/mol. The highest BCUT2D eigenvalue weighted by molar-refractivity contribution is 6.30. The van der Waals surface area contributed by atoms with Crippen LogP contribution < -0.4 is 10.1 Å². The van der Waals surface area contributed by atoms with E-state index in [1.807, 2.05) is 56.3 Å². The van der Waals surface area contributed by atoms with Crippen molar-refractivity contribution < 1.29 is 14.6 Å². The van der Waals surface area contributed by atoms with E-state index in [4.69, 9.17) is 16.3 Å². The first-order valence-corrected chi connectivity index (χ1v) is 10.6. The van der Waals surface area contributed by atoms with E-state index in [1.54, 1.807) is 43.5 Å². The number of hydrogen-bond donors (Lipinski definition) is 2. The highest BCUT2D eigenvalue weighted by atomic mass is 35.5. The highest BCUT2D eigenvalue weighted by Gasteiger charge is 2.22. The Balaban J connectivity index is 2.09. The van der Waals surface area contributed by atoms with Crippen LogP contribution in [0.2, 0.25) is 5.02 Å². The Kier molecular flexibility index (Phi) is 7.74. The molecule has 5 heteroatoms. The van der Waals surface area contributed by atoms with Crippen molar-refractivity contribution >= 4 is 35.3 Å². The predicted octanol–water partition coefficient (Wildman–Crippen LogP) is 6.99. The molecule has 0 aliphatic heterocycles. The number of carbonyl (C=O) groups is 1. The van der Waals surface area contributed by atoms with Crippen LogP contribution in [0.25, 0.3) is 12.2 Å². The SMILES string of the molecule is COc1cc(/C=C/c2ccccc2)c(C(=O)Nc2ccc(Cl)cc2)c(O)c1CC=C(C)C. The van der Waals surface area contributed by atoms with Crippen molar-refractivity contribution in [3.63, 3.8) is 0 Å². The van der Waals surface area contributed by atoms with Gasteiger partial charge in [-0.1, -0.05) is 65.7 Å². The van der Waals surface area contributed by atoms with Crippen molar-refractivity contribution in [1.82, 2.24) is 0 Å². The van der Waals surface area contributed by atoms with E-state index in [9.17, 15) is 9.90 Å². The van der Waals surface area contributed by atoms with Gasteiger partial charge in [-0.25, -0.2) is 0 Å².